The summed E-state index contributed by atoms with van der Waals surface area (Å²) in [5.41, 5.74) is 1.97. The average molecular weight is 368 g/mol. The minimum Gasteiger partial charge on any atom is -0.497 e. The lowest BCUT2D eigenvalue weighted by Crippen LogP contribution is -2.45. The van der Waals surface area contributed by atoms with Gasteiger partial charge in [0.1, 0.15) is 17.5 Å². The monoisotopic (exact) mass is 368 g/mol. The highest BCUT2D eigenvalue weighted by Gasteiger charge is 2.41. The molecule has 1 aliphatic heterocycles. The van der Waals surface area contributed by atoms with E-state index in [0.29, 0.717) is 28.4 Å². The van der Waals surface area contributed by atoms with Crippen LogP contribution in [-0.2, 0) is 9.59 Å². The Balaban J connectivity index is 1.91. The van der Waals surface area contributed by atoms with E-state index in [1.165, 1.54) is 19.1 Å². The quantitative estimate of drug-likeness (QED) is 0.820. The van der Waals surface area contributed by atoms with Gasteiger partial charge in [-0.2, -0.15) is 0 Å². The summed E-state index contributed by atoms with van der Waals surface area (Å²) in [6.07, 6.45) is 0. The second-order valence-corrected chi connectivity index (χ2v) is 6.21. The first kappa shape index (κ1) is 18.4. The fourth-order valence-electron chi connectivity index (χ4n) is 3.12. The molecule has 2 aromatic carbocycles. The number of carbonyl (C=O) groups is 3. The number of carbonyl (C=O) groups excluding carboxylic acids is 3. The van der Waals surface area contributed by atoms with Crippen molar-refractivity contribution in [2.24, 2.45) is 0 Å². The first-order valence-electron chi connectivity index (χ1n) is 8.39. The highest BCUT2D eigenvalue weighted by Crippen LogP contribution is 2.34. The Morgan fingerprint density at radius 2 is 1.85 bits per heavy atom. The van der Waals surface area contributed by atoms with Crippen LogP contribution in [0.1, 0.15) is 22.8 Å². The largest absolute Gasteiger partial charge is 0.497 e. The van der Waals surface area contributed by atoms with Gasteiger partial charge in [-0.1, -0.05) is 12.1 Å². The summed E-state index contributed by atoms with van der Waals surface area (Å²) in [6, 6.07) is 9.23. The van der Waals surface area contributed by atoms with Crippen LogP contribution in [0.5, 0.6) is 11.5 Å². The van der Waals surface area contributed by atoms with Crippen LogP contribution in [0.2, 0.25) is 0 Å². The molecule has 0 spiro atoms. The number of para-hydroxylation sites is 1. The molecule has 0 saturated heterocycles. The second-order valence-electron chi connectivity index (χ2n) is 6.21. The van der Waals surface area contributed by atoms with Gasteiger partial charge >= 0.3 is 0 Å². The standard InChI is InChI=1S/C20H20N2O5/c1-11-6-5-7-14-17(11)22(20(25)18(14)23)12(2)19(24)21-15-10-13(26-3)8-9-16(15)27-4/h5-10,12H,1-4H3,(H,21,24). The van der Waals surface area contributed by atoms with Crippen LogP contribution in [0, 0.1) is 6.92 Å². The van der Waals surface area contributed by atoms with Crippen LogP contribution >= 0.6 is 0 Å². The maximum atomic E-state index is 12.8. The van der Waals surface area contributed by atoms with Crippen LogP contribution in [0.15, 0.2) is 36.4 Å². The number of anilines is 2. The maximum Gasteiger partial charge on any atom is 0.300 e. The Kier molecular flexibility index (Phi) is 4.85. The molecule has 2 aromatic rings. The molecule has 0 aliphatic carbocycles. The predicted octanol–water partition coefficient (Wildman–Crippen LogP) is 2.57. The molecule has 140 valence electrons. The number of aryl methyl sites for hydroxylation is 1. The number of ether oxygens (including phenoxy) is 2. The number of amides is 2. The van der Waals surface area contributed by atoms with Gasteiger partial charge in [0.15, 0.2) is 0 Å². The fourth-order valence-corrected chi connectivity index (χ4v) is 3.12. The van der Waals surface area contributed by atoms with Gasteiger partial charge in [0.25, 0.3) is 11.7 Å². The molecule has 1 aliphatic rings. The number of nitrogens with zero attached hydrogens (tertiary/aromatic N) is 1. The van der Waals surface area contributed by atoms with E-state index in [4.69, 9.17) is 9.47 Å². The average Bonchev–Trinajstić information content (AvgIpc) is 2.93. The Bertz CT molecular complexity index is 938. The lowest BCUT2D eigenvalue weighted by Gasteiger charge is -2.25. The number of hydrogen-bond donors (Lipinski definition) is 1. The number of nitrogens with one attached hydrogen (secondary N) is 1. The summed E-state index contributed by atoms with van der Waals surface area (Å²) in [7, 11) is 3.01. The number of fused-ring (bicyclic) bond motifs is 1. The van der Waals surface area contributed by atoms with E-state index in [2.05, 4.69) is 5.32 Å². The van der Waals surface area contributed by atoms with Gasteiger partial charge in [-0.3, -0.25) is 19.3 Å². The molecule has 3 rings (SSSR count). The van der Waals surface area contributed by atoms with Crippen molar-refractivity contribution in [1.82, 2.24) is 0 Å². The van der Waals surface area contributed by atoms with Crippen LogP contribution < -0.4 is 19.7 Å². The Hall–Kier alpha value is -3.35. The summed E-state index contributed by atoms with van der Waals surface area (Å²) in [6.45, 7) is 3.38. The SMILES string of the molecule is COc1ccc(OC)c(NC(=O)C(C)N2C(=O)C(=O)c3cccc(C)c32)c1. The second kappa shape index (κ2) is 7.11. The van der Waals surface area contributed by atoms with Crippen molar-refractivity contribution in [3.63, 3.8) is 0 Å². The molecule has 0 saturated carbocycles. The third-order valence-electron chi connectivity index (χ3n) is 4.57. The van der Waals surface area contributed by atoms with Crippen molar-refractivity contribution >= 4 is 29.0 Å². The highest BCUT2D eigenvalue weighted by molar-refractivity contribution is 6.53. The van der Waals surface area contributed by atoms with Gasteiger partial charge in [0.05, 0.1) is 31.2 Å². The van der Waals surface area contributed by atoms with Crippen LogP contribution in [0.25, 0.3) is 0 Å². The van der Waals surface area contributed by atoms with Crippen LogP contribution in [-0.4, -0.2) is 37.9 Å². The molecule has 1 unspecified atom stereocenters. The molecule has 2 amide bonds. The molecule has 0 fully saturated rings. The summed E-state index contributed by atoms with van der Waals surface area (Å²) < 4.78 is 10.4. The smallest absolute Gasteiger partial charge is 0.300 e. The summed E-state index contributed by atoms with van der Waals surface area (Å²) in [5.74, 6) is -0.755. The third-order valence-corrected chi connectivity index (χ3v) is 4.57. The van der Waals surface area contributed by atoms with Crippen LogP contribution in [0.3, 0.4) is 0 Å². The number of hydrogen-bond acceptors (Lipinski definition) is 5. The number of benzene rings is 2. The van der Waals surface area contributed by atoms with Crippen molar-refractivity contribution in [3.8, 4) is 11.5 Å². The van der Waals surface area contributed by atoms with E-state index < -0.39 is 23.6 Å². The number of methoxy groups -OCH3 is 2. The zero-order valence-corrected chi connectivity index (χ0v) is 15.5. The first-order valence-corrected chi connectivity index (χ1v) is 8.39. The van der Waals surface area contributed by atoms with Crippen molar-refractivity contribution in [3.05, 3.63) is 47.5 Å². The van der Waals surface area contributed by atoms with Gasteiger partial charge in [-0.15, -0.1) is 0 Å². The number of ketones is 1. The van der Waals surface area contributed by atoms with Crippen molar-refractivity contribution in [2.45, 2.75) is 19.9 Å². The summed E-state index contributed by atoms with van der Waals surface area (Å²) in [4.78, 5) is 38.8. The van der Waals surface area contributed by atoms with Crippen molar-refractivity contribution in [1.29, 1.82) is 0 Å². The lowest BCUT2D eigenvalue weighted by molar-refractivity contribution is -0.120. The summed E-state index contributed by atoms with van der Waals surface area (Å²) in [5, 5.41) is 2.75. The molecular weight excluding hydrogens is 348 g/mol. The molecule has 0 aromatic heterocycles. The minimum absolute atomic E-state index is 0.318. The van der Waals surface area contributed by atoms with Crippen molar-refractivity contribution in [2.75, 3.05) is 24.4 Å². The number of Topliss-reactive ketones (excluding diaryl/α,β-unsaturated/α-hetero) is 1. The highest BCUT2D eigenvalue weighted by atomic mass is 16.5. The van der Waals surface area contributed by atoms with E-state index in [0.717, 1.165) is 5.56 Å². The molecule has 0 radical (unpaired) electrons. The zero-order chi connectivity index (χ0) is 19.7. The molecular formula is C20H20N2O5. The number of rotatable bonds is 5. The van der Waals surface area contributed by atoms with E-state index in [9.17, 15) is 14.4 Å². The Labute approximate surface area is 156 Å². The van der Waals surface area contributed by atoms with Gasteiger partial charge in [0, 0.05) is 6.07 Å². The molecule has 7 heteroatoms. The van der Waals surface area contributed by atoms with E-state index in [-0.39, 0.29) is 0 Å². The topological polar surface area (TPSA) is 84.9 Å². The minimum atomic E-state index is -0.889. The summed E-state index contributed by atoms with van der Waals surface area (Å²) >= 11 is 0. The fraction of sp³-hybridized carbons (Fsp3) is 0.250. The lowest BCUT2D eigenvalue weighted by atomic mass is 10.1. The van der Waals surface area contributed by atoms with Gasteiger partial charge < -0.3 is 14.8 Å². The Morgan fingerprint density at radius 3 is 2.52 bits per heavy atom. The van der Waals surface area contributed by atoms with Gasteiger partial charge in [0.2, 0.25) is 5.91 Å². The molecule has 1 N–H and O–H groups in total. The zero-order valence-electron chi connectivity index (χ0n) is 15.5. The van der Waals surface area contributed by atoms with Gasteiger partial charge in [-0.25, -0.2) is 0 Å². The molecule has 27 heavy (non-hydrogen) atoms. The predicted molar refractivity (Wildman–Crippen MR) is 101 cm³/mol. The van der Waals surface area contributed by atoms with Gasteiger partial charge in [-0.05, 0) is 37.6 Å². The maximum absolute atomic E-state index is 12.8. The third kappa shape index (κ3) is 3.12. The Morgan fingerprint density at radius 1 is 1.11 bits per heavy atom. The van der Waals surface area contributed by atoms with E-state index >= 15 is 0 Å². The molecule has 1 atom stereocenters. The first-order chi connectivity index (χ1) is 12.9. The van der Waals surface area contributed by atoms with Crippen LogP contribution in [0.4, 0.5) is 11.4 Å². The van der Waals surface area contributed by atoms with E-state index in [1.54, 1.807) is 50.2 Å². The van der Waals surface area contributed by atoms with E-state index in [1.807, 2.05) is 0 Å². The van der Waals surface area contributed by atoms with Crippen molar-refractivity contribution < 1.29 is 23.9 Å². The molecule has 0 bridgehead atoms. The normalized spacial score (nSPS) is 14.0. The molecule has 7 nitrogen and oxygen atoms in total. The molecule has 1 heterocycles.